The smallest absolute Gasteiger partial charge is 0.103 e. The zero-order valence-corrected chi connectivity index (χ0v) is 14.3. The molecule has 5 heteroatoms. The number of aryl methyl sites for hydroxylation is 1. The zero-order chi connectivity index (χ0) is 15.2. The van der Waals surface area contributed by atoms with Crippen LogP contribution in [0.5, 0.6) is 0 Å². The van der Waals surface area contributed by atoms with Gasteiger partial charge in [0.1, 0.15) is 6.10 Å². The monoisotopic (exact) mass is 351 g/mol. The topological polar surface area (TPSA) is 39.1 Å². The molecule has 0 aliphatic heterocycles. The van der Waals surface area contributed by atoms with Crippen LogP contribution in [0.2, 0.25) is 0 Å². The van der Waals surface area contributed by atoms with E-state index in [0.717, 1.165) is 22.3 Å². The number of rotatable bonds is 7. The van der Waals surface area contributed by atoms with Gasteiger partial charge in [0.25, 0.3) is 0 Å². The van der Waals surface area contributed by atoms with Gasteiger partial charge in [0, 0.05) is 13.2 Å². The molecule has 0 radical (unpaired) electrons. The number of hydrogen-bond donors (Lipinski definition) is 1. The van der Waals surface area contributed by atoms with Crippen LogP contribution in [0, 0.1) is 0 Å². The Morgan fingerprint density at radius 3 is 2.57 bits per heavy atom. The van der Waals surface area contributed by atoms with Crippen molar-refractivity contribution in [3.05, 3.63) is 52.3 Å². The number of ether oxygens (including phenoxy) is 1. The Balaban J connectivity index is 2.43. The zero-order valence-electron chi connectivity index (χ0n) is 12.7. The number of halogens is 1. The summed E-state index contributed by atoms with van der Waals surface area (Å²) in [6, 6.07) is 10.3. The molecule has 2 aromatic rings. The lowest BCUT2D eigenvalue weighted by Gasteiger charge is -2.28. The largest absolute Gasteiger partial charge is 0.372 e. The van der Waals surface area contributed by atoms with Crippen LogP contribution >= 0.6 is 15.9 Å². The standard InChI is InChI=1S/C16H22BrN3O/c1-4-20-15(13(17)11-19-20)14(18-3)16(21-5-2)12-9-7-6-8-10-12/h6-11,14,16,18H,4-5H2,1-3H3. The van der Waals surface area contributed by atoms with Gasteiger partial charge in [-0.1, -0.05) is 30.3 Å². The molecule has 1 N–H and O–H groups in total. The molecule has 114 valence electrons. The third-order valence-electron chi connectivity index (χ3n) is 3.52. The summed E-state index contributed by atoms with van der Waals surface area (Å²) >= 11 is 3.61. The number of nitrogens with zero attached hydrogens (tertiary/aromatic N) is 2. The average Bonchev–Trinajstić information content (AvgIpc) is 2.89. The van der Waals surface area contributed by atoms with Crippen LogP contribution in [0.1, 0.15) is 37.3 Å². The van der Waals surface area contributed by atoms with E-state index in [2.05, 4.69) is 45.4 Å². The molecule has 21 heavy (non-hydrogen) atoms. The average molecular weight is 352 g/mol. The van der Waals surface area contributed by atoms with Gasteiger partial charge in [0.05, 0.1) is 22.4 Å². The molecule has 0 spiro atoms. The number of nitrogens with one attached hydrogen (secondary N) is 1. The summed E-state index contributed by atoms with van der Waals surface area (Å²) in [4.78, 5) is 0. The SMILES string of the molecule is CCOC(c1ccccc1)C(NC)c1c(Br)cnn1CC. The van der Waals surface area contributed by atoms with Crippen molar-refractivity contribution < 1.29 is 4.74 Å². The van der Waals surface area contributed by atoms with E-state index in [-0.39, 0.29) is 12.1 Å². The highest BCUT2D eigenvalue weighted by Gasteiger charge is 2.28. The predicted octanol–water partition coefficient (Wildman–Crippen LogP) is 3.70. The molecule has 0 aliphatic rings. The number of aromatic nitrogens is 2. The Morgan fingerprint density at radius 2 is 2.00 bits per heavy atom. The van der Waals surface area contributed by atoms with Gasteiger partial charge in [-0.15, -0.1) is 0 Å². The van der Waals surface area contributed by atoms with Crippen LogP contribution in [0.3, 0.4) is 0 Å². The Bertz CT molecular complexity index is 556. The Kier molecular flexibility index (Phi) is 5.96. The summed E-state index contributed by atoms with van der Waals surface area (Å²) in [7, 11) is 1.96. The van der Waals surface area contributed by atoms with E-state index in [1.54, 1.807) is 0 Å². The van der Waals surface area contributed by atoms with Crippen molar-refractivity contribution in [1.82, 2.24) is 15.1 Å². The molecule has 1 aromatic heterocycles. The van der Waals surface area contributed by atoms with E-state index in [4.69, 9.17) is 4.74 Å². The third kappa shape index (κ3) is 3.54. The molecule has 2 rings (SSSR count). The second-order valence-electron chi connectivity index (χ2n) is 4.75. The first-order valence-electron chi connectivity index (χ1n) is 7.27. The number of benzene rings is 1. The lowest BCUT2D eigenvalue weighted by Crippen LogP contribution is -2.28. The summed E-state index contributed by atoms with van der Waals surface area (Å²) in [6.07, 6.45) is 1.79. The molecule has 4 nitrogen and oxygen atoms in total. The van der Waals surface area contributed by atoms with Gasteiger partial charge < -0.3 is 10.1 Å². The minimum Gasteiger partial charge on any atom is -0.372 e. The highest BCUT2D eigenvalue weighted by Crippen LogP contribution is 2.35. The highest BCUT2D eigenvalue weighted by atomic mass is 79.9. The number of hydrogen-bond acceptors (Lipinski definition) is 3. The normalized spacial score (nSPS) is 14.1. The van der Waals surface area contributed by atoms with Gasteiger partial charge in [0.2, 0.25) is 0 Å². The van der Waals surface area contributed by atoms with Crippen LogP contribution in [-0.4, -0.2) is 23.4 Å². The predicted molar refractivity (Wildman–Crippen MR) is 88.2 cm³/mol. The van der Waals surface area contributed by atoms with Crippen molar-refractivity contribution in [2.24, 2.45) is 0 Å². The lowest BCUT2D eigenvalue weighted by atomic mass is 9.99. The van der Waals surface area contributed by atoms with Crippen LogP contribution in [-0.2, 0) is 11.3 Å². The van der Waals surface area contributed by atoms with E-state index in [1.807, 2.05) is 43.0 Å². The van der Waals surface area contributed by atoms with E-state index in [9.17, 15) is 0 Å². The minimum atomic E-state index is -0.0560. The maximum atomic E-state index is 6.03. The first-order chi connectivity index (χ1) is 10.2. The molecule has 2 atom stereocenters. The maximum absolute atomic E-state index is 6.03. The molecule has 1 aromatic carbocycles. The highest BCUT2D eigenvalue weighted by molar-refractivity contribution is 9.10. The summed E-state index contributed by atoms with van der Waals surface area (Å²) in [5.74, 6) is 0. The molecule has 0 fully saturated rings. The Morgan fingerprint density at radius 1 is 1.29 bits per heavy atom. The summed E-state index contributed by atoms with van der Waals surface area (Å²) in [5.41, 5.74) is 2.27. The van der Waals surface area contributed by atoms with Crippen LogP contribution in [0.4, 0.5) is 0 Å². The second kappa shape index (κ2) is 7.73. The van der Waals surface area contributed by atoms with Gasteiger partial charge in [-0.2, -0.15) is 5.10 Å². The fraction of sp³-hybridized carbons (Fsp3) is 0.438. The molecular weight excluding hydrogens is 330 g/mol. The molecule has 0 bridgehead atoms. The van der Waals surface area contributed by atoms with E-state index >= 15 is 0 Å². The molecule has 0 saturated carbocycles. The quantitative estimate of drug-likeness (QED) is 0.826. The van der Waals surface area contributed by atoms with Crippen molar-refractivity contribution in [3.63, 3.8) is 0 Å². The fourth-order valence-corrected chi connectivity index (χ4v) is 3.11. The Labute approximate surface area is 134 Å². The summed E-state index contributed by atoms with van der Waals surface area (Å²) in [5, 5.41) is 7.80. The first-order valence-corrected chi connectivity index (χ1v) is 8.07. The minimum absolute atomic E-state index is 0.0316. The second-order valence-corrected chi connectivity index (χ2v) is 5.60. The summed E-state index contributed by atoms with van der Waals surface area (Å²) < 4.78 is 9.04. The number of likely N-dealkylation sites (N-methyl/N-ethyl adjacent to an activating group) is 1. The molecule has 1 heterocycles. The van der Waals surface area contributed by atoms with Crippen molar-refractivity contribution in [2.75, 3.05) is 13.7 Å². The third-order valence-corrected chi connectivity index (χ3v) is 4.13. The lowest BCUT2D eigenvalue weighted by molar-refractivity contribution is 0.0322. The van der Waals surface area contributed by atoms with Gasteiger partial charge in [-0.25, -0.2) is 0 Å². The van der Waals surface area contributed by atoms with Gasteiger partial charge in [-0.05, 0) is 42.4 Å². The fourth-order valence-electron chi connectivity index (χ4n) is 2.57. The van der Waals surface area contributed by atoms with Gasteiger partial charge in [-0.3, -0.25) is 4.68 Å². The van der Waals surface area contributed by atoms with Crippen molar-refractivity contribution in [2.45, 2.75) is 32.5 Å². The van der Waals surface area contributed by atoms with Crippen molar-refractivity contribution >= 4 is 15.9 Å². The Hall–Kier alpha value is -1.17. The van der Waals surface area contributed by atoms with E-state index in [0.29, 0.717) is 6.61 Å². The van der Waals surface area contributed by atoms with Crippen molar-refractivity contribution in [1.29, 1.82) is 0 Å². The van der Waals surface area contributed by atoms with Gasteiger partial charge in [0.15, 0.2) is 0 Å². The van der Waals surface area contributed by atoms with E-state index in [1.165, 1.54) is 0 Å². The molecule has 0 aliphatic carbocycles. The van der Waals surface area contributed by atoms with Crippen molar-refractivity contribution in [3.8, 4) is 0 Å². The van der Waals surface area contributed by atoms with Crippen LogP contribution in [0.15, 0.2) is 41.0 Å². The van der Waals surface area contributed by atoms with Crippen LogP contribution < -0.4 is 5.32 Å². The molecule has 2 unspecified atom stereocenters. The molecule has 0 saturated heterocycles. The molecule has 0 amide bonds. The summed E-state index contributed by atoms with van der Waals surface area (Å²) in [6.45, 7) is 5.60. The molecular formula is C16H22BrN3O. The van der Waals surface area contributed by atoms with Crippen LogP contribution in [0.25, 0.3) is 0 Å². The van der Waals surface area contributed by atoms with E-state index < -0.39 is 0 Å². The first kappa shape index (κ1) is 16.2. The van der Waals surface area contributed by atoms with Gasteiger partial charge >= 0.3 is 0 Å². The maximum Gasteiger partial charge on any atom is 0.103 e.